The minimum atomic E-state index is -0.131. The van der Waals surface area contributed by atoms with E-state index in [4.69, 9.17) is 11.6 Å². The Morgan fingerprint density at radius 2 is 1.74 bits per heavy atom. The summed E-state index contributed by atoms with van der Waals surface area (Å²) in [5, 5.41) is 1.29. The molecule has 0 amide bonds. The van der Waals surface area contributed by atoms with Gasteiger partial charge in [-0.3, -0.25) is 19.6 Å². The zero-order chi connectivity index (χ0) is 21.9. The van der Waals surface area contributed by atoms with Crippen LogP contribution in [0.25, 0.3) is 0 Å². The molecule has 1 N–H and O–H groups in total. The van der Waals surface area contributed by atoms with Crippen LogP contribution in [0.4, 0.5) is 0 Å². The normalized spacial score (nSPS) is 10.9. The minimum absolute atomic E-state index is 0.131. The van der Waals surface area contributed by atoms with E-state index in [1.54, 1.807) is 60.8 Å². The first-order valence-electron chi connectivity index (χ1n) is 10.4. The maximum absolute atomic E-state index is 12.2. The molecule has 3 aromatic rings. The molecule has 3 rings (SSSR count). The van der Waals surface area contributed by atoms with Gasteiger partial charge in [0, 0.05) is 59.5 Å². The van der Waals surface area contributed by atoms with Crippen LogP contribution in [-0.4, -0.2) is 31.5 Å². The van der Waals surface area contributed by atoms with Crippen molar-refractivity contribution in [2.24, 2.45) is 0 Å². The summed E-state index contributed by atoms with van der Waals surface area (Å²) >= 11 is 7.41. The standard InChI is InChI=1S/C23H25ClN4O2S/c24-19-9-7-17(8-10-19)21(29)6-4-2-1-3-5-13-31-23-27-15-18(22(30)28-23)14-20-16-25-11-12-26-20/h7-12,15-16H,1-6,13-14H2,(H,27,28,30). The zero-order valence-corrected chi connectivity index (χ0v) is 18.8. The second-order valence-corrected chi connectivity index (χ2v) is 8.73. The molecule has 1 aromatic carbocycles. The van der Waals surface area contributed by atoms with Gasteiger partial charge in [-0.2, -0.15) is 0 Å². The van der Waals surface area contributed by atoms with Crippen LogP contribution < -0.4 is 5.56 Å². The monoisotopic (exact) mass is 456 g/mol. The fraction of sp³-hybridized carbons (Fsp3) is 0.348. The summed E-state index contributed by atoms with van der Waals surface area (Å²) < 4.78 is 0. The van der Waals surface area contributed by atoms with Crippen LogP contribution in [0.3, 0.4) is 0 Å². The van der Waals surface area contributed by atoms with Gasteiger partial charge in [-0.15, -0.1) is 0 Å². The highest BCUT2D eigenvalue weighted by Gasteiger charge is 2.07. The lowest BCUT2D eigenvalue weighted by molar-refractivity contribution is 0.0979. The first kappa shape index (κ1) is 23.2. The molecule has 0 aliphatic heterocycles. The van der Waals surface area contributed by atoms with Crippen LogP contribution in [0.1, 0.15) is 60.1 Å². The predicted octanol–water partition coefficient (Wildman–Crippen LogP) is 5.12. The number of carbonyl (C=O) groups excluding carboxylic acids is 1. The molecule has 162 valence electrons. The van der Waals surface area contributed by atoms with E-state index in [1.165, 1.54) is 0 Å². The number of halogens is 1. The smallest absolute Gasteiger partial charge is 0.255 e. The number of carbonyl (C=O) groups is 1. The van der Waals surface area contributed by atoms with E-state index in [-0.39, 0.29) is 11.3 Å². The maximum Gasteiger partial charge on any atom is 0.255 e. The third kappa shape index (κ3) is 7.92. The molecule has 0 saturated carbocycles. The van der Waals surface area contributed by atoms with E-state index in [1.807, 2.05) is 0 Å². The van der Waals surface area contributed by atoms with E-state index < -0.39 is 0 Å². The Balaban J connectivity index is 1.28. The lowest BCUT2D eigenvalue weighted by Crippen LogP contribution is -2.15. The van der Waals surface area contributed by atoms with Crippen molar-refractivity contribution in [2.75, 3.05) is 5.75 Å². The fourth-order valence-electron chi connectivity index (χ4n) is 3.09. The second kappa shape index (κ2) is 12.4. The molecule has 0 bridgehead atoms. The number of hydrogen-bond acceptors (Lipinski definition) is 6. The summed E-state index contributed by atoms with van der Waals surface area (Å²) in [6, 6.07) is 7.06. The number of unbranched alkanes of at least 4 members (excludes halogenated alkanes) is 4. The summed E-state index contributed by atoms with van der Waals surface area (Å²) in [5.41, 5.74) is 1.92. The molecule has 0 radical (unpaired) electrons. The Hall–Kier alpha value is -2.51. The first-order chi connectivity index (χ1) is 15.1. The Bertz CT molecular complexity index is 1030. The molecule has 0 aliphatic carbocycles. The van der Waals surface area contributed by atoms with Gasteiger partial charge in [0.25, 0.3) is 5.56 Å². The third-order valence-electron chi connectivity index (χ3n) is 4.79. The number of nitrogens with one attached hydrogen (secondary N) is 1. The number of H-pyrrole nitrogens is 1. The van der Waals surface area contributed by atoms with Crippen molar-refractivity contribution in [3.05, 3.63) is 81.3 Å². The predicted molar refractivity (Wildman–Crippen MR) is 124 cm³/mol. The molecule has 0 aliphatic rings. The first-order valence-corrected chi connectivity index (χ1v) is 11.7. The highest BCUT2D eigenvalue weighted by atomic mass is 35.5. The SMILES string of the molecule is O=C(CCCCCCCSc1ncc(Cc2cnccn2)c(=O)[nH]1)c1ccc(Cl)cc1. The quantitative estimate of drug-likeness (QED) is 0.176. The Morgan fingerprint density at radius 3 is 2.48 bits per heavy atom. The lowest BCUT2D eigenvalue weighted by atomic mass is 10.0. The van der Waals surface area contributed by atoms with Crippen molar-refractivity contribution < 1.29 is 4.79 Å². The molecule has 6 nitrogen and oxygen atoms in total. The topological polar surface area (TPSA) is 88.6 Å². The average molecular weight is 457 g/mol. The number of aromatic nitrogens is 4. The van der Waals surface area contributed by atoms with Crippen LogP contribution in [0.2, 0.25) is 5.02 Å². The Kier molecular flexibility index (Phi) is 9.24. The molecular formula is C23H25ClN4O2S. The van der Waals surface area contributed by atoms with Crippen molar-refractivity contribution in [1.29, 1.82) is 0 Å². The van der Waals surface area contributed by atoms with E-state index >= 15 is 0 Å². The van der Waals surface area contributed by atoms with Gasteiger partial charge in [0.15, 0.2) is 10.9 Å². The summed E-state index contributed by atoms with van der Waals surface area (Å²) in [4.78, 5) is 39.7. The largest absolute Gasteiger partial charge is 0.301 e. The van der Waals surface area contributed by atoms with Gasteiger partial charge in [-0.05, 0) is 37.1 Å². The Labute approximate surface area is 190 Å². The number of aromatic amines is 1. The van der Waals surface area contributed by atoms with Crippen molar-refractivity contribution in [1.82, 2.24) is 19.9 Å². The molecule has 0 unspecified atom stereocenters. The highest BCUT2D eigenvalue weighted by Crippen LogP contribution is 2.16. The van der Waals surface area contributed by atoms with Crippen molar-refractivity contribution in [2.45, 2.75) is 50.1 Å². The molecular weight excluding hydrogens is 432 g/mol. The second-order valence-electron chi connectivity index (χ2n) is 7.21. The maximum atomic E-state index is 12.2. The average Bonchev–Trinajstić information content (AvgIpc) is 2.78. The van der Waals surface area contributed by atoms with Crippen LogP contribution in [0.15, 0.2) is 59.0 Å². The molecule has 0 saturated heterocycles. The van der Waals surface area contributed by atoms with Crippen LogP contribution in [-0.2, 0) is 6.42 Å². The van der Waals surface area contributed by atoms with Crippen molar-refractivity contribution in [3.63, 3.8) is 0 Å². The van der Waals surface area contributed by atoms with E-state index in [9.17, 15) is 9.59 Å². The van der Waals surface area contributed by atoms with Gasteiger partial charge in [0.05, 0.1) is 5.69 Å². The van der Waals surface area contributed by atoms with Crippen LogP contribution in [0, 0.1) is 0 Å². The molecule has 0 atom stereocenters. The summed E-state index contributed by atoms with van der Waals surface area (Å²) in [7, 11) is 0. The van der Waals surface area contributed by atoms with Gasteiger partial charge in [-0.1, -0.05) is 42.6 Å². The Morgan fingerprint density at radius 1 is 0.968 bits per heavy atom. The lowest BCUT2D eigenvalue weighted by Gasteiger charge is -2.04. The van der Waals surface area contributed by atoms with Crippen molar-refractivity contribution in [3.8, 4) is 0 Å². The van der Waals surface area contributed by atoms with E-state index in [0.717, 1.165) is 49.1 Å². The molecule has 0 fully saturated rings. The van der Waals surface area contributed by atoms with Crippen LogP contribution >= 0.6 is 23.4 Å². The molecule has 2 heterocycles. The number of hydrogen-bond donors (Lipinski definition) is 1. The van der Waals surface area contributed by atoms with Crippen molar-refractivity contribution >= 4 is 29.1 Å². The van der Waals surface area contributed by atoms with Gasteiger partial charge in [0.1, 0.15) is 0 Å². The highest BCUT2D eigenvalue weighted by molar-refractivity contribution is 7.99. The number of nitrogens with zero attached hydrogens (tertiary/aromatic N) is 3. The number of benzene rings is 1. The minimum Gasteiger partial charge on any atom is -0.301 e. The molecule has 2 aromatic heterocycles. The van der Waals surface area contributed by atoms with Gasteiger partial charge in [0.2, 0.25) is 0 Å². The van der Waals surface area contributed by atoms with Gasteiger partial charge < -0.3 is 4.98 Å². The van der Waals surface area contributed by atoms with E-state index in [0.29, 0.717) is 28.6 Å². The van der Waals surface area contributed by atoms with Gasteiger partial charge >= 0.3 is 0 Å². The zero-order valence-electron chi connectivity index (χ0n) is 17.2. The van der Waals surface area contributed by atoms with E-state index in [2.05, 4.69) is 19.9 Å². The summed E-state index contributed by atoms with van der Waals surface area (Å²) in [5.74, 6) is 1.07. The summed E-state index contributed by atoms with van der Waals surface area (Å²) in [6.07, 6.45) is 12.6. The molecule has 0 spiro atoms. The number of Topliss-reactive ketones (excluding diaryl/α,β-unsaturated/α-hetero) is 1. The third-order valence-corrected chi connectivity index (χ3v) is 6.02. The van der Waals surface area contributed by atoms with Crippen LogP contribution in [0.5, 0.6) is 0 Å². The number of rotatable bonds is 12. The molecule has 8 heteroatoms. The summed E-state index contributed by atoms with van der Waals surface area (Å²) in [6.45, 7) is 0. The number of thioether (sulfide) groups is 1. The molecule has 31 heavy (non-hydrogen) atoms. The van der Waals surface area contributed by atoms with Gasteiger partial charge in [-0.25, -0.2) is 4.98 Å². The number of ketones is 1. The fourth-order valence-corrected chi connectivity index (χ4v) is 4.05.